The molecule has 0 bridgehead atoms. The van der Waals surface area contributed by atoms with Gasteiger partial charge >= 0.3 is 0 Å². The number of benzene rings is 1. The minimum Gasteiger partial charge on any atom is -0.487 e. The van der Waals surface area contributed by atoms with Crippen LogP contribution in [-0.4, -0.2) is 26.1 Å². The lowest BCUT2D eigenvalue weighted by atomic mass is 10.3. The van der Waals surface area contributed by atoms with E-state index in [0.29, 0.717) is 11.4 Å². The first-order valence-corrected chi connectivity index (χ1v) is 7.65. The van der Waals surface area contributed by atoms with Gasteiger partial charge in [-0.3, -0.25) is 4.72 Å². The van der Waals surface area contributed by atoms with Gasteiger partial charge in [-0.2, -0.15) is 13.1 Å². The molecule has 104 valence electrons. The standard InChI is InChI=1S/C11H15N3O3S2/c12-11(18)7-17-10-5-3-9(4-6-10)14-19(15,16)13-8-1-2-8/h3-6,8,13-14H,1-2,7H2,(H2,12,18). The molecule has 0 saturated heterocycles. The quantitative estimate of drug-likeness (QED) is 0.647. The maximum absolute atomic E-state index is 11.7. The van der Waals surface area contributed by atoms with Crippen LogP contribution in [0.2, 0.25) is 0 Å². The number of nitrogens with one attached hydrogen (secondary N) is 2. The Morgan fingerprint density at radius 2 is 2.00 bits per heavy atom. The van der Waals surface area contributed by atoms with Crippen LogP contribution in [0, 0.1) is 0 Å². The maximum Gasteiger partial charge on any atom is 0.299 e. The molecule has 0 heterocycles. The molecule has 19 heavy (non-hydrogen) atoms. The lowest BCUT2D eigenvalue weighted by molar-refractivity contribution is 0.377. The van der Waals surface area contributed by atoms with Gasteiger partial charge < -0.3 is 10.5 Å². The van der Waals surface area contributed by atoms with Crippen molar-refractivity contribution in [3.05, 3.63) is 24.3 Å². The summed E-state index contributed by atoms with van der Waals surface area (Å²) in [5, 5.41) is 0. The predicted molar refractivity (Wildman–Crippen MR) is 77.4 cm³/mol. The highest BCUT2D eigenvalue weighted by atomic mass is 32.2. The minimum atomic E-state index is -3.49. The van der Waals surface area contributed by atoms with Crippen molar-refractivity contribution < 1.29 is 13.2 Å². The van der Waals surface area contributed by atoms with E-state index in [4.69, 9.17) is 22.7 Å². The van der Waals surface area contributed by atoms with Gasteiger partial charge in [0.15, 0.2) is 0 Å². The molecule has 0 aromatic heterocycles. The van der Waals surface area contributed by atoms with Crippen LogP contribution in [0.1, 0.15) is 12.8 Å². The summed E-state index contributed by atoms with van der Waals surface area (Å²) >= 11 is 4.69. The van der Waals surface area contributed by atoms with E-state index in [2.05, 4.69) is 9.44 Å². The third-order valence-corrected chi connectivity index (χ3v) is 3.65. The Balaban J connectivity index is 1.92. The average molecular weight is 301 g/mol. The van der Waals surface area contributed by atoms with Crippen LogP contribution in [0.4, 0.5) is 5.69 Å². The lowest BCUT2D eigenvalue weighted by Crippen LogP contribution is -2.31. The van der Waals surface area contributed by atoms with E-state index in [1.54, 1.807) is 24.3 Å². The number of ether oxygens (including phenoxy) is 1. The Morgan fingerprint density at radius 3 is 2.53 bits per heavy atom. The second-order valence-corrected chi connectivity index (χ2v) is 6.25. The van der Waals surface area contributed by atoms with Crippen molar-refractivity contribution in [3.63, 3.8) is 0 Å². The molecular weight excluding hydrogens is 286 g/mol. The number of anilines is 1. The maximum atomic E-state index is 11.7. The zero-order valence-corrected chi connectivity index (χ0v) is 11.8. The van der Waals surface area contributed by atoms with E-state index < -0.39 is 10.2 Å². The van der Waals surface area contributed by atoms with E-state index in [1.165, 1.54) is 0 Å². The van der Waals surface area contributed by atoms with Crippen LogP contribution in [0.25, 0.3) is 0 Å². The van der Waals surface area contributed by atoms with Crippen molar-refractivity contribution in [1.29, 1.82) is 0 Å². The predicted octanol–water partition coefficient (Wildman–Crippen LogP) is 0.760. The largest absolute Gasteiger partial charge is 0.487 e. The smallest absolute Gasteiger partial charge is 0.299 e. The summed E-state index contributed by atoms with van der Waals surface area (Å²) < 4.78 is 33.6. The summed E-state index contributed by atoms with van der Waals surface area (Å²) in [6.07, 6.45) is 1.79. The first-order valence-electron chi connectivity index (χ1n) is 5.76. The Labute approximate surface area is 117 Å². The fraction of sp³-hybridized carbons (Fsp3) is 0.364. The van der Waals surface area contributed by atoms with Crippen molar-refractivity contribution in [3.8, 4) is 5.75 Å². The number of thiocarbonyl (C=S) groups is 1. The molecule has 1 aliphatic carbocycles. The van der Waals surface area contributed by atoms with Gasteiger partial charge in [-0.25, -0.2) is 0 Å². The molecule has 0 amide bonds. The molecule has 1 saturated carbocycles. The summed E-state index contributed by atoms with van der Waals surface area (Å²) in [7, 11) is -3.49. The molecular formula is C11H15N3O3S2. The van der Waals surface area contributed by atoms with Crippen LogP contribution in [0.15, 0.2) is 24.3 Å². The first-order chi connectivity index (χ1) is 8.94. The van der Waals surface area contributed by atoms with E-state index >= 15 is 0 Å². The highest BCUT2D eigenvalue weighted by Crippen LogP contribution is 2.21. The van der Waals surface area contributed by atoms with Crippen LogP contribution in [0.5, 0.6) is 5.75 Å². The molecule has 0 aliphatic heterocycles. The minimum absolute atomic E-state index is 0.0747. The van der Waals surface area contributed by atoms with E-state index in [1.807, 2.05) is 0 Å². The first kappa shape index (κ1) is 14.0. The van der Waals surface area contributed by atoms with Crippen molar-refractivity contribution >= 4 is 33.1 Å². The van der Waals surface area contributed by atoms with E-state index in [-0.39, 0.29) is 17.6 Å². The van der Waals surface area contributed by atoms with Crippen LogP contribution >= 0.6 is 12.2 Å². The van der Waals surface area contributed by atoms with Crippen molar-refractivity contribution in [2.75, 3.05) is 11.3 Å². The highest BCUT2D eigenvalue weighted by molar-refractivity contribution is 7.90. The molecule has 0 radical (unpaired) electrons. The molecule has 0 unspecified atom stereocenters. The van der Waals surface area contributed by atoms with Gasteiger partial charge in [-0.05, 0) is 37.1 Å². The highest BCUT2D eigenvalue weighted by Gasteiger charge is 2.26. The van der Waals surface area contributed by atoms with E-state index in [9.17, 15) is 8.42 Å². The van der Waals surface area contributed by atoms with Gasteiger partial charge in [-0.1, -0.05) is 12.2 Å². The summed E-state index contributed by atoms with van der Waals surface area (Å²) in [5.74, 6) is 0.575. The number of hydrogen-bond donors (Lipinski definition) is 3. The molecule has 1 fully saturated rings. The molecule has 6 nitrogen and oxygen atoms in total. The Kier molecular flexibility index (Phi) is 4.23. The normalized spacial score (nSPS) is 14.9. The number of nitrogens with two attached hydrogens (primary N) is 1. The molecule has 1 aliphatic rings. The van der Waals surface area contributed by atoms with Gasteiger partial charge in [0.25, 0.3) is 10.2 Å². The van der Waals surface area contributed by atoms with Crippen LogP contribution < -0.4 is 19.9 Å². The zero-order chi connectivity index (χ0) is 13.9. The molecule has 4 N–H and O–H groups in total. The monoisotopic (exact) mass is 301 g/mol. The van der Waals surface area contributed by atoms with Gasteiger partial charge in [0.1, 0.15) is 17.3 Å². The summed E-state index contributed by atoms with van der Waals surface area (Å²) in [5.41, 5.74) is 5.78. The van der Waals surface area contributed by atoms with Gasteiger partial charge in [-0.15, -0.1) is 0 Å². The van der Waals surface area contributed by atoms with Gasteiger partial charge in [0.05, 0.1) is 5.69 Å². The van der Waals surface area contributed by atoms with Gasteiger partial charge in [0.2, 0.25) is 0 Å². The summed E-state index contributed by atoms with van der Waals surface area (Å²) in [6.45, 7) is 0.156. The van der Waals surface area contributed by atoms with Crippen molar-refractivity contribution in [1.82, 2.24) is 4.72 Å². The summed E-state index contributed by atoms with van der Waals surface area (Å²) in [4.78, 5) is 0.262. The van der Waals surface area contributed by atoms with Crippen molar-refractivity contribution in [2.45, 2.75) is 18.9 Å². The average Bonchev–Trinajstić information content (AvgIpc) is 3.10. The van der Waals surface area contributed by atoms with Crippen molar-refractivity contribution in [2.24, 2.45) is 5.73 Å². The van der Waals surface area contributed by atoms with Gasteiger partial charge in [0, 0.05) is 6.04 Å². The topological polar surface area (TPSA) is 93.4 Å². The lowest BCUT2D eigenvalue weighted by Gasteiger charge is -2.09. The Hall–Kier alpha value is -1.38. The molecule has 0 spiro atoms. The fourth-order valence-electron chi connectivity index (χ4n) is 1.38. The summed E-state index contributed by atoms with van der Waals surface area (Å²) in [6, 6.07) is 6.59. The van der Waals surface area contributed by atoms with Crippen LogP contribution in [0.3, 0.4) is 0 Å². The van der Waals surface area contributed by atoms with Crippen LogP contribution in [-0.2, 0) is 10.2 Å². The Morgan fingerprint density at radius 1 is 1.37 bits per heavy atom. The second-order valence-electron chi connectivity index (χ2n) is 4.28. The molecule has 1 aromatic carbocycles. The molecule has 0 atom stereocenters. The molecule has 8 heteroatoms. The Bertz CT molecular complexity index is 553. The SMILES string of the molecule is NC(=S)COc1ccc(NS(=O)(=O)NC2CC2)cc1. The molecule has 2 rings (SSSR count). The fourth-order valence-corrected chi connectivity index (χ4v) is 2.62. The number of rotatable bonds is 7. The zero-order valence-electron chi connectivity index (χ0n) is 10.1. The molecule has 1 aromatic rings. The second kappa shape index (κ2) is 5.72. The van der Waals surface area contributed by atoms with E-state index in [0.717, 1.165) is 12.8 Å². The number of hydrogen-bond acceptors (Lipinski definition) is 4. The third kappa shape index (κ3) is 5.01. The third-order valence-electron chi connectivity index (χ3n) is 2.39.